The molecule has 0 atom stereocenters. The standard InChI is InChI=1S/C18H17Cl2N3O2/c19-15-9-21-10-16(20)17(15)22-18(25)13-5-7-23(8-6-13)14-3-1-12(11-24)2-4-14/h1-4,9-11,13H,5-8H2,(H,21,22,25). The molecule has 3 rings (SSSR count). The number of amides is 1. The first-order valence-corrected chi connectivity index (χ1v) is 8.74. The van der Waals surface area contributed by atoms with Gasteiger partial charge < -0.3 is 10.2 Å². The third-order valence-electron chi connectivity index (χ3n) is 4.36. The molecule has 1 amide bonds. The molecule has 7 heteroatoms. The van der Waals surface area contributed by atoms with E-state index in [1.807, 2.05) is 12.1 Å². The van der Waals surface area contributed by atoms with Gasteiger partial charge >= 0.3 is 0 Å². The molecule has 5 nitrogen and oxygen atoms in total. The molecule has 1 aromatic heterocycles. The molecule has 0 spiro atoms. The van der Waals surface area contributed by atoms with E-state index in [0.717, 1.165) is 37.9 Å². The zero-order valence-electron chi connectivity index (χ0n) is 13.4. The Kier molecular flexibility index (Phi) is 5.56. The molecule has 0 unspecified atom stereocenters. The zero-order chi connectivity index (χ0) is 17.8. The second-order valence-electron chi connectivity index (χ2n) is 5.94. The third-order valence-corrected chi connectivity index (χ3v) is 4.93. The summed E-state index contributed by atoms with van der Waals surface area (Å²) in [6.45, 7) is 1.55. The van der Waals surface area contributed by atoms with Crippen molar-refractivity contribution in [3.05, 3.63) is 52.3 Å². The number of hydrogen-bond donors (Lipinski definition) is 1. The van der Waals surface area contributed by atoms with Crippen LogP contribution in [0.4, 0.5) is 11.4 Å². The second-order valence-corrected chi connectivity index (χ2v) is 6.75. The third kappa shape index (κ3) is 4.11. The van der Waals surface area contributed by atoms with Crippen molar-refractivity contribution < 1.29 is 9.59 Å². The number of benzene rings is 1. The molecule has 1 saturated heterocycles. The summed E-state index contributed by atoms with van der Waals surface area (Å²) < 4.78 is 0. The predicted octanol–water partition coefficient (Wildman–Crippen LogP) is 4.06. The van der Waals surface area contributed by atoms with Gasteiger partial charge in [-0.05, 0) is 37.1 Å². The van der Waals surface area contributed by atoms with E-state index in [4.69, 9.17) is 23.2 Å². The molecule has 25 heavy (non-hydrogen) atoms. The summed E-state index contributed by atoms with van der Waals surface area (Å²) in [7, 11) is 0. The van der Waals surface area contributed by atoms with E-state index in [1.54, 1.807) is 12.1 Å². The number of piperidine rings is 1. The number of carbonyl (C=O) groups excluding carboxylic acids is 2. The molecule has 2 heterocycles. The van der Waals surface area contributed by atoms with Crippen molar-refractivity contribution in [2.45, 2.75) is 12.8 Å². The number of aldehydes is 1. The summed E-state index contributed by atoms with van der Waals surface area (Å²) in [6.07, 6.45) is 5.21. The minimum atomic E-state index is -0.0919. The molecule has 2 aromatic rings. The second kappa shape index (κ2) is 7.85. The van der Waals surface area contributed by atoms with Crippen molar-refractivity contribution in [2.75, 3.05) is 23.3 Å². The van der Waals surface area contributed by atoms with Gasteiger partial charge in [0.05, 0.1) is 15.7 Å². The molecule has 0 radical (unpaired) electrons. The first kappa shape index (κ1) is 17.7. The summed E-state index contributed by atoms with van der Waals surface area (Å²) >= 11 is 12.1. The van der Waals surface area contributed by atoms with Crippen LogP contribution in [0.2, 0.25) is 10.0 Å². The number of nitrogens with zero attached hydrogens (tertiary/aromatic N) is 2. The maximum Gasteiger partial charge on any atom is 0.227 e. The Bertz CT molecular complexity index is 752. The lowest BCUT2D eigenvalue weighted by Crippen LogP contribution is -2.38. The monoisotopic (exact) mass is 377 g/mol. The van der Waals surface area contributed by atoms with Gasteiger partial charge in [-0.15, -0.1) is 0 Å². The highest BCUT2D eigenvalue weighted by molar-refractivity contribution is 6.39. The predicted molar refractivity (Wildman–Crippen MR) is 99.7 cm³/mol. The highest BCUT2D eigenvalue weighted by atomic mass is 35.5. The minimum absolute atomic E-state index is 0.0778. The van der Waals surface area contributed by atoms with Gasteiger partial charge in [-0.1, -0.05) is 23.2 Å². The van der Waals surface area contributed by atoms with Crippen LogP contribution in [0.1, 0.15) is 23.2 Å². The number of halogens is 2. The van der Waals surface area contributed by atoms with E-state index in [9.17, 15) is 9.59 Å². The van der Waals surface area contributed by atoms with Crippen LogP contribution in [0.5, 0.6) is 0 Å². The molecular weight excluding hydrogens is 361 g/mol. The van der Waals surface area contributed by atoms with Crippen molar-refractivity contribution in [3.8, 4) is 0 Å². The summed E-state index contributed by atoms with van der Waals surface area (Å²) in [4.78, 5) is 29.3. The van der Waals surface area contributed by atoms with Crippen LogP contribution in [0.25, 0.3) is 0 Å². The lowest BCUT2D eigenvalue weighted by atomic mass is 9.95. The summed E-state index contributed by atoms with van der Waals surface area (Å²) in [5, 5.41) is 3.47. The highest BCUT2D eigenvalue weighted by Crippen LogP contribution is 2.30. The van der Waals surface area contributed by atoms with Crippen LogP contribution in [0, 0.1) is 5.92 Å². The van der Waals surface area contributed by atoms with E-state index in [2.05, 4.69) is 15.2 Å². The van der Waals surface area contributed by atoms with Crippen LogP contribution in [0.15, 0.2) is 36.7 Å². The molecule has 0 saturated carbocycles. The Morgan fingerprint density at radius 1 is 1.12 bits per heavy atom. The summed E-state index contributed by atoms with van der Waals surface area (Å²) in [5.74, 6) is -0.170. The van der Waals surface area contributed by atoms with Crippen LogP contribution < -0.4 is 10.2 Å². The average molecular weight is 378 g/mol. The number of aromatic nitrogens is 1. The number of carbonyl (C=O) groups is 2. The van der Waals surface area contributed by atoms with Gasteiger partial charge in [-0.25, -0.2) is 0 Å². The first-order chi connectivity index (χ1) is 12.1. The van der Waals surface area contributed by atoms with Gasteiger partial charge in [0, 0.05) is 42.7 Å². The zero-order valence-corrected chi connectivity index (χ0v) is 14.9. The normalized spacial score (nSPS) is 15.0. The minimum Gasteiger partial charge on any atom is -0.371 e. The van der Waals surface area contributed by atoms with Gasteiger partial charge in [0.1, 0.15) is 6.29 Å². The van der Waals surface area contributed by atoms with Gasteiger partial charge in [0.2, 0.25) is 5.91 Å². The lowest BCUT2D eigenvalue weighted by molar-refractivity contribution is -0.120. The molecule has 1 fully saturated rings. The van der Waals surface area contributed by atoms with Gasteiger partial charge in [-0.2, -0.15) is 0 Å². The van der Waals surface area contributed by atoms with E-state index in [1.165, 1.54) is 12.4 Å². The molecule has 1 N–H and O–H groups in total. The van der Waals surface area contributed by atoms with Crippen molar-refractivity contribution in [2.24, 2.45) is 5.92 Å². The highest BCUT2D eigenvalue weighted by Gasteiger charge is 2.26. The largest absolute Gasteiger partial charge is 0.371 e. The smallest absolute Gasteiger partial charge is 0.227 e. The Hall–Kier alpha value is -2.11. The first-order valence-electron chi connectivity index (χ1n) is 7.98. The van der Waals surface area contributed by atoms with E-state index < -0.39 is 0 Å². The Morgan fingerprint density at radius 3 is 2.28 bits per heavy atom. The van der Waals surface area contributed by atoms with Crippen molar-refractivity contribution in [1.29, 1.82) is 0 Å². The SMILES string of the molecule is O=Cc1ccc(N2CCC(C(=O)Nc3c(Cl)cncc3Cl)CC2)cc1. The molecule has 0 bridgehead atoms. The van der Waals surface area contributed by atoms with Crippen LogP contribution >= 0.6 is 23.2 Å². The molecule has 1 aliphatic heterocycles. The lowest BCUT2D eigenvalue weighted by Gasteiger charge is -2.33. The number of anilines is 2. The van der Waals surface area contributed by atoms with Crippen molar-refractivity contribution in [3.63, 3.8) is 0 Å². The molecule has 0 aliphatic carbocycles. The Labute approximate surface area is 155 Å². The fourth-order valence-corrected chi connectivity index (χ4v) is 3.38. The molecule has 1 aromatic carbocycles. The maximum atomic E-state index is 12.5. The molecule has 130 valence electrons. The van der Waals surface area contributed by atoms with Crippen molar-refractivity contribution in [1.82, 2.24) is 4.98 Å². The topological polar surface area (TPSA) is 62.3 Å². The molecule has 1 aliphatic rings. The Morgan fingerprint density at radius 2 is 1.72 bits per heavy atom. The number of nitrogens with one attached hydrogen (secondary N) is 1. The van der Waals surface area contributed by atoms with E-state index >= 15 is 0 Å². The quantitative estimate of drug-likeness (QED) is 0.816. The fraction of sp³-hybridized carbons (Fsp3) is 0.278. The van der Waals surface area contributed by atoms with E-state index in [-0.39, 0.29) is 11.8 Å². The fourth-order valence-electron chi connectivity index (χ4n) is 2.92. The van der Waals surface area contributed by atoms with Crippen LogP contribution in [0.3, 0.4) is 0 Å². The van der Waals surface area contributed by atoms with Crippen molar-refractivity contribution >= 4 is 46.8 Å². The summed E-state index contributed by atoms with van der Waals surface area (Å²) in [5.41, 5.74) is 2.13. The average Bonchev–Trinajstić information content (AvgIpc) is 2.65. The van der Waals surface area contributed by atoms with Crippen LogP contribution in [-0.4, -0.2) is 30.3 Å². The number of pyridine rings is 1. The number of hydrogen-bond acceptors (Lipinski definition) is 4. The molecular formula is C18H17Cl2N3O2. The number of rotatable bonds is 4. The maximum absolute atomic E-state index is 12.5. The van der Waals surface area contributed by atoms with Gasteiger partial charge in [-0.3, -0.25) is 14.6 Å². The van der Waals surface area contributed by atoms with Gasteiger partial charge in [0.25, 0.3) is 0 Å². The summed E-state index contributed by atoms with van der Waals surface area (Å²) in [6, 6.07) is 7.46. The van der Waals surface area contributed by atoms with Gasteiger partial charge in [0.15, 0.2) is 0 Å². The van der Waals surface area contributed by atoms with Crippen LogP contribution in [-0.2, 0) is 4.79 Å². The Balaban J connectivity index is 1.59. The van der Waals surface area contributed by atoms with E-state index in [0.29, 0.717) is 21.3 Å².